The molecular formula is C69H124NO8+. The van der Waals surface area contributed by atoms with Crippen LogP contribution in [-0.4, -0.2) is 87.4 Å². The van der Waals surface area contributed by atoms with E-state index < -0.39 is 24.3 Å². The Bertz CT molecular complexity index is 1510. The predicted molar refractivity (Wildman–Crippen MR) is 332 cm³/mol. The molecule has 0 heterocycles. The van der Waals surface area contributed by atoms with E-state index in [0.29, 0.717) is 23.9 Å². The Labute approximate surface area is 481 Å². The first-order valence-corrected chi connectivity index (χ1v) is 32.6. The number of unbranched alkanes of at least 4 members (excludes halogenated alkanes) is 33. The molecule has 0 amide bonds. The quantitative estimate of drug-likeness (QED) is 0.0211. The van der Waals surface area contributed by atoms with Gasteiger partial charge in [-0.15, -0.1) is 0 Å². The number of hydrogen-bond donors (Lipinski definition) is 1. The first-order valence-electron chi connectivity index (χ1n) is 32.6. The number of carbonyl (C=O) groups excluding carboxylic acids is 2. The van der Waals surface area contributed by atoms with Crippen LogP contribution < -0.4 is 0 Å². The lowest BCUT2D eigenvalue weighted by Crippen LogP contribution is -2.40. The minimum absolute atomic E-state index is 0.184. The first-order chi connectivity index (χ1) is 38.1. The second kappa shape index (κ2) is 59.8. The Balaban J connectivity index is 4.18. The number of allylic oxidation sites excluding steroid dienone is 12. The zero-order valence-corrected chi connectivity index (χ0v) is 51.6. The van der Waals surface area contributed by atoms with Crippen LogP contribution in [0, 0.1) is 0 Å². The summed E-state index contributed by atoms with van der Waals surface area (Å²) in [6, 6.07) is 0. The second-order valence-electron chi connectivity index (χ2n) is 23.1. The second-order valence-corrected chi connectivity index (χ2v) is 23.1. The Morgan fingerprint density at radius 2 is 0.731 bits per heavy atom. The van der Waals surface area contributed by atoms with Gasteiger partial charge in [0.25, 0.3) is 6.29 Å². The molecule has 0 radical (unpaired) electrons. The van der Waals surface area contributed by atoms with Crippen LogP contribution in [0.2, 0.25) is 0 Å². The van der Waals surface area contributed by atoms with Crippen molar-refractivity contribution in [1.29, 1.82) is 0 Å². The van der Waals surface area contributed by atoms with Crippen molar-refractivity contribution in [2.24, 2.45) is 0 Å². The maximum atomic E-state index is 12.9. The molecule has 0 saturated carbocycles. The Kier molecular flexibility index (Phi) is 57.3. The van der Waals surface area contributed by atoms with Crippen molar-refractivity contribution in [3.8, 4) is 0 Å². The third-order valence-electron chi connectivity index (χ3n) is 14.2. The zero-order chi connectivity index (χ0) is 56.9. The van der Waals surface area contributed by atoms with Crippen molar-refractivity contribution >= 4 is 17.9 Å². The molecule has 2 atom stereocenters. The number of aliphatic carboxylic acids is 1. The normalized spacial score (nSPS) is 13.2. The molecule has 0 spiro atoms. The van der Waals surface area contributed by atoms with Gasteiger partial charge in [0.15, 0.2) is 6.10 Å². The lowest BCUT2D eigenvalue weighted by Gasteiger charge is -2.25. The molecule has 0 aromatic rings. The van der Waals surface area contributed by atoms with Gasteiger partial charge in [-0.25, -0.2) is 4.79 Å². The molecule has 9 heteroatoms. The van der Waals surface area contributed by atoms with Gasteiger partial charge in [0.2, 0.25) is 0 Å². The first kappa shape index (κ1) is 74.7. The van der Waals surface area contributed by atoms with Crippen molar-refractivity contribution in [2.45, 2.75) is 302 Å². The zero-order valence-electron chi connectivity index (χ0n) is 51.6. The molecule has 0 saturated heterocycles. The van der Waals surface area contributed by atoms with Gasteiger partial charge in [-0.3, -0.25) is 9.59 Å². The van der Waals surface area contributed by atoms with Crippen LogP contribution in [0.15, 0.2) is 72.9 Å². The number of esters is 2. The Morgan fingerprint density at radius 3 is 1.09 bits per heavy atom. The number of rotatable bonds is 60. The molecule has 452 valence electrons. The predicted octanol–water partition coefficient (Wildman–Crippen LogP) is 19.7. The number of likely N-dealkylation sites (N-methyl/N-ethyl adjacent to an activating group) is 1. The van der Waals surface area contributed by atoms with Gasteiger partial charge in [-0.05, 0) is 64.2 Å². The summed E-state index contributed by atoms with van der Waals surface area (Å²) < 4.78 is 22.9. The maximum Gasteiger partial charge on any atom is 0.361 e. The van der Waals surface area contributed by atoms with Gasteiger partial charge < -0.3 is 28.5 Å². The standard InChI is InChI=1S/C69H123NO8/c1-6-8-10-12-14-16-18-20-22-24-26-28-30-32-34-36-38-40-42-44-46-48-50-52-54-56-58-60-67(72)78-65(64-77-69(68(73)74)75-62-61-70(3,4)5)63-76-66(71)59-57-55-53-51-49-47-45-43-41-39-37-35-33-31-29-27-25-23-21-19-17-15-13-11-9-7-2/h8,10,14,16,20,22,26,28,32,34,38,40,65,69H,6-7,9,11-13,15,17-19,21,23-25,27,29-31,33,35-37,39,41-64H2,1-5H3/p+1/b10-8-,16-14-,22-20-,28-26-,34-32-,40-38-. The molecule has 0 aromatic heterocycles. The number of hydrogen-bond acceptors (Lipinski definition) is 7. The number of carboxylic acids is 1. The number of ether oxygens (including phenoxy) is 4. The number of carbonyl (C=O) groups is 3. The fourth-order valence-electron chi connectivity index (χ4n) is 9.26. The molecule has 0 fully saturated rings. The average molecular weight is 1100 g/mol. The SMILES string of the molecule is CC/C=C\C/C=C\C/C=C\C/C=C\C/C=C\C/C=C\CCCCCCCCCCC(=O)OC(COC(=O)CCCCCCCCCCCCCCCCCCCCCCCCCCCC)COC(OCC[N+](C)(C)C)C(=O)O. The van der Waals surface area contributed by atoms with E-state index in [2.05, 4.69) is 86.8 Å². The number of nitrogens with zero attached hydrogens (tertiary/aromatic N) is 1. The molecule has 0 rings (SSSR count). The minimum atomic E-state index is -1.52. The molecule has 9 nitrogen and oxygen atoms in total. The number of quaternary nitrogens is 1. The van der Waals surface area contributed by atoms with Gasteiger partial charge in [-0.1, -0.05) is 286 Å². The van der Waals surface area contributed by atoms with Gasteiger partial charge in [0.05, 0.1) is 34.4 Å². The fraction of sp³-hybridized carbons (Fsp3) is 0.783. The molecule has 0 aromatic carbocycles. The Morgan fingerprint density at radius 1 is 0.397 bits per heavy atom. The summed E-state index contributed by atoms with van der Waals surface area (Å²) in [7, 11) is 5.97. The monoisotopic (exact) mass is 1090 g/mol. The van der Waals surface area contributed by atoms with Crippen LogP contribution >= 0.6 is 0 Å². The van der Waals surface area contributed by atoms with Crippen LogP contribution in [0.3, 0.4) is 0 Å². The summed E-state index contributed by atoms with van der Waals surface area (Å²) in [5.74, 6) is -2.01. The average Bonchev–Trinajstić information content (AvgIpc) is 3.41. The summed E-state index contributed by atoms with van der Waals surface area (Å²) in [6.45, 7) is 4.79. The third kappa shape index (κ3) is 60.4. The third-order valence-corrected chi connectivity index (χ3v) is 14.2. The van der Waals surface area contributed by atoms with E-state index in [0.717, 1.165) is 83.5 Å². The molecule has 1 N–H and O–H groups in total. The summed E-state index contributed by atoms with van der Waals surface area (Å²) in [6.07, 6.45) is 75.7. The summed E-state index contributed by atoms with van der Waals surface area (Å²) in [5.41, 5.74) is 0. The van der Waals surface area contributed by atoms with Crippen LogP contribution in [0.1, 0.15) is 290 Å². The van der Waals surface area contributed by atoms with E-state index in [1.165, 1.54) is 173 Å². The molecule has 0 aliphatic carbocycles. The lowest BCUT2D eigenvalue weighted by molar-refractivity contribution is -0.870. The van der Waals surface area contributed by atoms with Crippen molar-refractivity contribution in [3.05, 3.63) is 72.9 Å². The van der Waals surface area contributed by atoms with Crippen LogP contribution in [0.4, 0.5) is 0 Å². The van der Waals surface area contributed by atoms with Crippen molar-refractivity contribution < 1.29 is 42.9 Å². The van der Waals surface area contributed by atoms with E-state index in [-0.39, 0.29) is 32.2 Å². The lowest BCUT2D eigenvalue weighted by atomic mass is 10.0. The highest BCUT2D eigenvalue weighted by Gasteiger charge is 2.25. The van der Waals surface area contributed by atoms with E-state index >= 15 is 0 Å². The molecule has 0 aliphatic rings. The number of carboxylic acid groups (broad SMARTS) is 1. The summed E-state index contributed by atoms with van der Waals surface area (Å²) in [5, 5.41) is 9.73. The van der Waals surface area contributed by atoms with E-state index in [1.54, 1.807) is 0 Å². The fourth-order valence-corrected chi connectivity index (χ4v) is 9.26. The molecule has 78 heavy (non-hydrogen) atoms. The van der Waals surface area contributed by atoms with E-state index in [9.17, 15) is 19.5 Å². The van der Waals surface area contributed by atoms with Gasteiger partial charge >= 0.3 is 17.9 Å². The highest BCUT2D eigenvalue weighted by atomic mass is 16.7. The smallest absolute Gasteiger partial charge is 0.361 e. The summed E-state index contributed by atoms with van der Waals surface area (Å²) in [4.78, 5) is 37.6. The summed E-state index contributed by atoms with van der Waals surface area (Å²) >= 11 is 0. The highest BCUT2D eigenvalue weighted by molar-refractivity contribution is 5.71. The van der Waals surface area contributed by atoms with Crippen LogP contribution in [0.25, 0.3) is 0 Å². The van der Waals surface area contributed by atoms with Crippen molar-refractivity contribution in [3.63, 3.8) is 0 Å². The Hall–Kier alpha value is -3.27. The van der Waals surface area contributed by atoms with E-state index in [4.69, 9.17) is 18.9 Å². The van der Waals surface area contributed by atoms with Crippen molar-refractivity contribution in [2.75, 3.05) is 47.5 Å². The molecular weight excluding hydrogens is 971 g/mol. The molecule has 0 aliphatic heterocycles. The van der Waals surface area contributed by atoms with Crippen molar-refractivity contribution in [1.82, 2.24) is 0 Å². The van der Waals surface area contributed by atoms with Crippen LogP contribution in [0.5, 0.6) is 0 Å². The van der Waals surface area contributed by atoms with Gasteiger partial charge in [0.1, 0.15) is 13.2 Å². The molecule has 2 unspecified atom stereocenters. The van der Waals surface area contributed by atoms with Gasteiger partial charge in [-0.2, -0.15) is 0 Å². The molecule has 0 bridgehead atoms. The largest absolute Gasteiger partial charge is 0.477 e. The van der Waals surface area contributed by atoms with Crippen LogP contribution in [-0.2, 0) is 33.3 Å². The van der Waals surface area contributed by atoms with E-state index in [1.807, 2.05) is 21.1 Å². The van der Waals surface area contributed by atoms with Gasteiger partial charge in [0, 0.05) is 12.8 Å². The minimum Gasteiger partial charge on any atom is -0.477 e. The maximum absolute atomic E-state index is 12.9. The highest BCUT2D eigenvalue weighted by Crippen LogP contribution is 2.18. The topological polar surface area (TPSA) is 108 Å².